The molecule has 1 aromatic carbocycles. The molecule has 4 rings (SSSR count). The van der Waals surface area contributed by atoms with Crippen LogP contribution in [-0.2, 0) is 20.8 Å². The van der Waals surface area contributed by atoms with Crippen molar-refractivity contribution in [2.24, 2.45) is 11.8 Å². The second-order valence-corrected chi connectivity index (χ2v) is 10.9. The van der Waals surface area contributed by atoms with E-state index < -0.39 is 12.1 Å². The van der Waals surface area contributed by atoms with Crippen molar-refractivity contribution in [3.63, 3.8) is 0 Å². The summed E-state index contributed by atoms with van der Waals surface area (Å²) in [6.07, 6.45) is 5.75. The summed E-state index contributed by atoms with van der Waals surface area (Å²) in [5.41, 5.74) is 2.33. The Morgan fingerprint density at radius 3 is 2.57 bits per heavy atom. The van der Waals surface area contributed by atoms with E-state index in [1.807, 2.05) is 30.3 Å². The highest BCUT2D eigenvalue weighted by molar-refractivity contribution is 5.92. The van der Waals surface area contributed by atoms with Gasteiger partial charge in [-0.15, -0.1) is 0 Å². The van der Waals surface area contributed by atoms with Crippen LogP contribution in [0.2, 0.25) is 0 Å². The van der Waals surface area contributed by atoms with Crippen molar-refractivity contribution in [1.82, 2.24) is 20.4 Å². The molecule has 0 unspecified atom stereocenters. The highest BCUT2D eigenvalue weighted by Gasteiger charge is 2.44. The van der Waals surface area contributed by atoms with Crippen molar-refractivity contribution in [1.29, 1.82) is 0 Å². The predicted octanol–water partition coefficient (Wildman–Crippen LogP) is 2.52. The molecule has 0 aliphatic carbocycles. The molecule has 3 saturated heterocycles. The lowest BCUT2D eigenvalue weighted by atomic mass is 9.77. The number of rotatable bonds is 4. The monoisotopic (exact) mass is 480 g/mol. The number of amides is 3. The van der Waals surface area contributed by atoms with Gasteiger partial charge in [0, 0.05) is 45.1 Å². The van der Waals surface area contributed by atoms with Gasteiger partial charge in [-0.1, -0.05) is 42.0 Å². The summed E-state index contributed by atoms with van der Waals surface area (Å²) in [5, 5.41) is 5.79. The van der Waals surface area contributed by atoms with Gasteiger partial charge < -0.3 is 15.5 Å². The zero-order valence-corrected chi connectivity index (χ0v) is 21.3. The molecule has 7 nitrogen and oxygen atoms in total. The van der Waals surface area contributed by atoms with E-state index in [-0.39, 0.29) is 23.8 Å². The minimum atomic E-state index is -0.673. The van der Waals surface area contributed by atoms with Crippen molar-refractivity contribution < 1.29 is 14.4 Å². The lowest BCUT2D eigenvalue weighted by molar-refractivity contribution is -0.145. The number of hydrogen-bond donors (Lipinski definition) is 2. The zero-order chi connectivity index (χ0) is 24.9. The van der Waals surface area contributed by atoms with E-state index in [9.17, 15) is 14.4 Å². The standard InChI is InChI=1S/C28H40N4O3/c1-19(2)12-13-31-16-22-14-23(18-31)25-10-7-11-26(33)29-20(3)27(34)30-24(28(35)32(25)17-22)15-21-8-5-4-6-9-21/h4-6,8-9,12,20,22-25H,7,10-11,13-18H2,1-3H3,(H,29,33)(H,30,34)/t20-,22+,23-,24+,25+/m1/s1. The molecule has 0 spiro atoms. The van der Waals surface area contributed by atoms with Crippen molar-refractivity contribution in [2.45, 2.75) is 71.0 Å². The molecule has 3 aliphatic rings. The Balaban J connectivity index is 1.60. The minimum Gasteiger partial charge on any atom is -0.345 e. The topological polar surface area (TPSA) is 81.8 Å². The van der Waals surface area contributed by atoms with E-state index in [2.05, 4.69) is 40.4 Å². The molecule has 190 valence electrons. The molecule has 2 bridgehead atoms. The van der Waals surface area contributed by atoms with Gasteiger partial charge in [0.1, 0.15) is 12.1 Å². The van der Waals surface area contributed by atoms with E-state index in [0.717, 1.165) is 38.0 Å². The van der Waals surface area contributed by atoms with E-state index in [0.29, 0.717) is 37.6 Å². The van der Waals surface area contributed by atoms with Gasteiger partial charge in [-0.3, -0.25) is 19.3 Å². The molecule has 1 aromatic rings. The second kappa shape index (κ2) is 11.4. The molecule has 0 saturated carbocycles. The van der Waals surface area contributed by atoms with Gasteiger partial charge in [-0.05, 0) is 57.4 Å². The number of likely N-dealkylation sites (tertiary alicyclic amines) is 1. The van der Waals surface area contributed by atoms with Crippen LogP contribution in [0, 0.1) is 11.8 Å². The Hall–Kier alpha value is -2.67. The molecule has 3 amide bonds. The lowest BCUT2D eigenvalue weighted by Crippen LogP contribution is -2.63. The first-order chi connectivity index (χ1) is 16.8. The number of nitrogens with zero attached hydrogens (tertiary/aromatic N) is 2. The number of benzene rings is 1. The summed E-state index contributed by atoms with van der Waals surface area (Å²) in [6.45, 7) is 9.56. The maximum absolute atomic E-state index is 14.0. The largest absolute Gasteiger partial charge is 0.345 e. The van der Waals surface area contributed by atoms with E-state index in [1.54, 1.807) is 6.92 Å². The molecule has 3 aliphatic heterocycles. The fraction of sp³-hybridized carbons (Fsp3) is 0.607. The fourth-order valence-electron chi connectivity index (χ4n) is 5.93. The molecule has 7 heteroatoms. The van der Waals surface area contributed by atoms with Crippen LogP contribution in [0.15, 0.2) is 42.0 Å². The number of carbonyl (C=O) groups is 3. The Bertz CT molecular complexity index is 943. The molecule has 3 heterocycles. The number of allylic oxidation sites excluding steroid dienone is 1. The Kier molecular flexibility index (Phi) is 8.26. The summed E-state index contributed by atoms with van der Waals surface area (Å²) < 4.78 is 0. The highest BCUT2D eigenvalue weighted by atomic mass is 16.2. The van der Waals surface area contributed by atoms with Crippen LogP contribution in [0.25, 0.3) is 0 Å². The molecule has 2 N–H and O–H groups in total. The quantitative estimate of drug-likeness (QED) is 0.649. The Morgan fingerprint density at radius 2 is 1.83 bits per heavy atom. The Morgan fingerprint density at radius 1 is 1.06 bits per heavy atom. The minimum absolute atomic E-state index is 0.0127. The van der Waals surface area contributed by atoms with Gasteiger partial charge in [0.2, 0.25) is 17.7 Å². The van der Waals surface area contributed by atoms with Gasteiger partial charge in [0.25, 0.3) is 0 Å². The first-order valence-electron chi connectivity index (χ1n) is 13.1. The van der Waals surface area contributed by atoms with Gasteiger partial charge in [-0.2, -0.15) is 0 Å². The average molecular weight is 481 g/mol. The van der Waals surface area contributed by atoms with Crippen molar-refractivity contribution in [3.05, 3.63) is 47.5 Å². The first kappa shape index (κ1) is 25.4. The summed E-state index contributed by atoms with van der Waals surface area (Å²) >= 11 is 0. The first-order valence-corrected chi connectivity index (χ1v) is 13.1. The number of piperidine rings is 2. The number of nitrogens with one attached hydrogen (secondary N) is 2. The summed E-state index contributed by atoms with van der Waals surface area (Å²) in [5.74, 6) is 0.416. The Labute approximate surface area is 209 Å². The molecular formula is C28H40N4O3. The van der Waals surface area contributed by atoms with Crippen LogP contribution in [0.1, 0.15) is 52.0 Å². The van der Waals surface area contributed by atoms with Crippen LogP contribution < -0.4 is 10.6 Å². The van der Waals surface area contributed by atoms with Crippen molar-refractivity contribution in [3.8, 4) is 0 Å². The molecule has 0 aromatic heterocycles. The third-order valence-electron chi connectivity index (χ3n) is 7.66. The SMILES string of the molecule is CC(C)=CCN1C[C@@H]2C[C@H](C1)[C@@H]1CCCC(=O)N[C@H](C)C(=O)N[C@@H](Cc3ccccc3)C(=O)N1C2. The molecule has 5 atom stereocenters. The van der Waals surface area contributed by atoms with Crippen LogP contribution in [0.4, 0.5) is 0 Å². The van der Waals surface area contributed by atoms with Crippen molar-refractivity contribution >= 4 is 17.7 Å². The maximum atomic E-state index is 14.0. The van der Waals surface area contributed by atoms with Gasteiger partial charge in [0.05, 0.1) is 0 Å². The number of fused-ring (bicyclic) bond motifs is 4. The fourth-order valence-corrected chi connectivity index (χ4v) is 5.93. The van der Waals surface area contributed by atoms with Gasteiger partial charge in [0.15, 0.2) is 0 Å². The summed E-state index contributed by atoms with van der Waals surface area (Å²) in [6, 6.07) is 8.61. The third kappa shape index (κ3) is 6.51. The number of hydrogen-bond acceptors (Lipinski definition) is 4. The van der Waals surface area contributed by atoms with Crippen LogP contribution >= 0.6 is 0 Å². The lowest BCUT2D eigenvalue weighted by Gasteiger charge is -2.51. The van der Waals surface area contributed by atoms with Crippen LogP contribution in [0.3, 0.4) is 0 Å². The highest BCUT2D eigenvalue weighted by Crippen LogP contribution is 2.36. The zero-order valence-electron chi connectivity index (χ0n) is 21.3. The van der Waals surface area contributed by atoms with E-state index in [4.69, 9.17) is 0 Å². The normalized spacial score (nSPS) is 30.3. The second-order valence-electron chi connectivity index (χ2n) is 10.9. The third-order valence-corrected chi connectivity index (χ3v) is 7.66. The van der Waals surface area contributed by atoms with Gasteiger partial charge in [-0.25, -0.2) is 0 Å². The summed E-state index contributed by atoms with van der Waals surface area (Å²) in [4.78, 5) is 44.0. The molecule has 0 radical (unpaired) electrons. The van der Waals surface area contributed by atoms with E-state index >= 15 is 0 Å². The van der Waals surface area contributed by atoms with Crippen molar-refractivity contribution in [2.75, 3.05) is 26.2 Å². The smallest absolute Gasteiger partial charge is 0.245 e. The molecule has 35 heavy (non-hydrogen) atoms. The number of carbonyl (C=O) groups excluding carboxylic acids is 3. The van der Waals surface area contributed by atoms with E-state index in [1.165, 1.54) is 5.57 Å². The van der Waals surface area contributed by atoms with Crippen LogP contribution in [-0.4, -0.2) is 71.8 Å². The molecular weight excluding hydrogens is 440 g/mol. The maximum Gasteiger partial charge on any atom is 0.245 e. The average Bonchev–Trinajstić information content (AvgIpc) is 2.83. The summed E-state index contributed by atoms with van der Waals surface area (Å²) in [7, 11) is 0. The predicted molar refractivity (Wildman–Crippen MR) is 137 cm³/mol. The van der Waals surface area contributed by atoms with Crippen LogP contribution in [0.5, 0.6) is 0 Å². The molecule has 3 fully saturated rings. The van der Waals surface area contributed by atoms with Gasteiger partial charge >= 0.3 is 0 Å².